The lowest BCUT2D eigenvalue weighted by atomic mass is 9.99. The van der Waals surface area contributed by atoms with Gasteiger partial charge in [-0.25, -0.2) is 28.3 Å². The Kier molecular flexibility index (Phi) is 10.1. The highest BCUT2D eigenvalue weighted by atomic mass is 19.1. The molecule has 0 unspecified atom stereocenters. The zero-order valence-electron chi connectivity index (χ0n) is 26.8. The predicted octanol–water partition coefficient (Wildman–Crippen LogP) is 4.38. The van der Waals surface area contributed by atoms with Crippen molar-refractivity contribution in [2.75, 3.05) is 10.6 Å². The highest BCUT2D eigenvalue weighted by Crippen LogP contribution is 2.26. The van der Waals surface area contributed by atoms with Crippen LogP contribution in [0.3, 0.4) is 0 Å². The van der Waals surface area contributed by atoms with Crippen molar-refractivity contribution in [3.63, 3.8) is 0 Å². The molecule has 0 radical (unpaired) electrons. The first kappa shape index (κ1) is 34.6. The van der Waals surface area contributed by atoms with E-state index in [9.17, 15) is 33.8 Å². The number of nitrogens with zero attached hydrogens (tertiary/aromatic N) is 8. The lowest BCUT2D eigenvalue weighted by Crippen LogP contribution is -2.18. The van der Waals surface area contributed by atoms with Gasteiger partial charge in [0, 0.05) is 24.8 Å². The minimum absolute atomic E-state index is 0.0506. The van der Waals surface area contributed by atoms with Crippen LogP contribution < -0.4 is 10.6 Å². The molecule has 6 rings (SSSR count). The third-order valence-corrected chi connectivity index (χ3v) is 7.78. The molecular weight excluding hydrogens is 682 g/mol. The van der Waals surface area contributed by atoms with Crippen LogP contribution in [0.15, 0.2) is 86.0 Å². The number of carboxylic acids is 2. The predicted molar refractivity (Wildman–Crippen MR) is 178 cm³/mol. The fraction of sp³-hybridized carbons (Fsp3) is 0.118. The maximum atomic E-state index is 15.1. The van der Waals surface area contributed by atoms with E-state index in [2.05, 4.69) is 41.0 Å². The minimum Gasteiger partial charge on any atom is -0.478 e. The number of carbonyl (C=O) groups excluding carboxylic acids is 2. The summed E-state index contributed by atoms with van der Waals surface area (Å²) in [6.07, 6.45) is 10.0. The molecule has 4 aromatic heterocycles. The van der Waals surface area contributed by atoms with Crippen LogP contribution in [0.25, 0.3) is 11.6 Å². The van der Waals surface area contributed by atoms with Gasteiger partial charge in [-0.1, -0.05) is 0 Å². The average molecular weight is 709 g/mol. The van der Waals surface area contributed by atoms with Gasteiger partial charge in [-0.05, 0) is 85.3 Å². The Morgan fingerprint density at radius 3 is 1.52 bits per heavy atom. The van der Waals surface area contributed by atoms with E-state index >= 15 is 4.39 Å². The second-order valence-corrected chi connectivity index (χ2v) is 11.2. The van der Waals surface area contributed by atoms with Crippen molar-refractivity contribution < 1.29 is 38.2 Å². The van der Waals surface area contributed by atoms with Crippen LogP contribution in [0, 0.1) is 11.6 Å². The Labute approximate surface area is 291 Å². The maximum absolute atomic E-state index is 15.1. The quantitative estimate of drug-likeness (QED) is 0.123. The number of carbonyl (C=O) groups is 4. The lowest BCUT2D eigenvalue weighted by Gasteiger charge is -2.13. The summed E-state index contributed by atoms with van der Waals surface area (Å²) in [5.41, 5.74) is -1.39. The molecule has 0 bridgehead atoms. The Hall–Kier alpha value is -7.24. The number of aromatic nitrogens is 8. The third-order valence-electron chi connectivity index (χ3n) is 7.78. The fourth-order valence-corrected chi connectivity index (χ4v) is 5.14. The lowest BCUT2D eigenvalue weighted by molar-refractivity contribution is 0.0686. The zero-order valence-corrected chi connectivity index (χ0v) is 26.8. The topological polar surface area (TPSA) is 220 Å². The highest BCUT2D eigenvalue weighted by molar-refractivity contribution is 6.07. The Bertz CT molecular complexity index is 2260. The number of imidazole rings is 2. The summed E-state index contributed by atoms with van der Waals surface area (Å²) in [5, 5.41) is 39.9. The van der Waals surface area contributed by atoms with E-state index in [1.54, 1.807) is 27.7 Å². The van der Waals surface area contributed by atoms with Gasteiger partial charge in [0.2, 0.25) is 0 Å². The number of benzene rings is 2. The van der Waals surface area contributed by atoms with Crippen LogP contribution in [0.4, 0.5) is 20.2 Å². The molecule has 2 amide bonds. The molecule has 0 atom stereocenters. The number of unbranched alkanes of at least 4 members (excludes halogenated alkanes) is 1. The second kappa shape index (κ2) is 15.1. The molecule has 0 saturated heterocycles. The molecule has 16 nitrogen and oxygen atoms in total. The number of carboxylic acid groups (broad SMARTS) is 2. The summed E-state index contributed by atoms with van der Waals surface area (Å²) in [6, 6.07) is 9.80. The molecule has 0 spiro atoms. The molecule has 0 aliphatic heterocycles. The monoisotopic (exact) mass is 708 g/mol. The second-order valence-electron chi connectivity index (χ2n) is 11.2. The average Bonchev–Trinajstić information content (AvgIpc) is 3.88. The van der Waals surface area contributed by atoms with Gasteiger partial charge in [-0.15, -0.1) is 20.4 Å². The summed E-state index contributed by atoms with van der Waals surface area (Å²) in [5.74, 6) is -5.26. The van der Waals surface area contributed by atoms with Crippen molar-refractivity contribution in [2.45, 2.75) is 25.7 Å². The SMILES string of the molecule is O=C(Nc1cc(CCCCc2cc(C(=O)O)c(NC(=O)c3ccc(-n4ccnc4)nn3)cc2F)c(F)cc1C(=O)O)c1ccc(-n2ccnc2)nn1. The number of rotatable bonds is 13. The molecule has 262 valence electrons. The van der Waals surface area contributed by atoms with E-state index in [1.165, 1.54) is 49.2 Å². The third kappa shape index (κ3) is 7.80. The maximum Gasteiger partial charge on any atom is 0.337 e. The van der Waals surface area contributed by atoms with Crippen LogP contribution in [0.2, 0.25) is 0 Å². The van der Waals surface area contributed by atoms with Crippen LogP contribution >= 0.6 is 0 Å². The molecule has 0 aliphatic carbocycles. The van der Waals surface area contributed by atoms with Crippen LogP contribution in [0.1, 0.15) is 65.7 Å². The van der Waals surface area contributed by atoms with E-state index in [1.807, 2.05) is 0 Å². The molecule has 0 fully saturated rings. The fourth-order valence-electron chi connectivity index (χ4n) is 5.14. The Morgan fingerprint density at radius 1 is 0.615 bits per heavy atom. The van der Waals surface area contributed by atoms with Gasteiger partial charge in [0.25, 0.3) is 11.8 Å². The summed E-state index contributed by atoms with van der Waals surface area (Å²) < 4.78 is 33.2. The number of anilines is 2. The van der Waals surface area contributed by atoms with Gasteiger partial charge >= 0.3 is 11.9 Å². The summed E-state index contributed by atoms with van der Waals surface area (Å²) >= 11 is 0. The molecule has 4 N–H and O–H groups in total. The first-order valence-electron chi connectivity index (χ1n) is 15.5. The Morgan fingerprint density at radius 2 is 1.08 bits per heavy atom. The standard InChI is InChI=1S/C34H26F2N10O6/c35-23-15-22(34(51)52)27(39-31(47)25-5-7-29(43-41-25)45-11-9-37-17-45)14-20(23)4-2-1-3-19-13-21(33(49)50)28(16-24(19)36)40-32(48)26-6-8-30(44-42-26)46-12-10-38-18-46/h5-18H,1-4H2,(H,39,47)(H,40,48)(H,49,50)(H,51,52). The molecular formula is C34H26F2N10O6. The number of hydrogen-bond acceptors (Lipinski definition) is 10. The molecule has 4 heterocycles. The van der Waals surface area contributed by atoms with Gasteiger partial charge in [0.15, 0.2) is 23.0 Å². The molecule has 52 heavy (non-hydrogen) atoms. The summed E-state index contributed by atoms with van der Waals surface area (Å²) in [7, 11) is 0. The smallest absolute Gasteiger partial charge is 0.337 e. The normalized spacial score (nSPS) is 10.9. The summed E-state index contributed by atoms with van der Waals surface area (Å²) in [6.45, 7) is 0. The van der Waals surface area contributed by atoms with Crippen LogP contribution in [-0.2, 0) is 12.8 Å². The van der Waals surface area contributed by atoms with E-state index in [-0.39, 0.29) is 65.1 Å². The van der Waals surface area contributed by atoms with Crippen molar-refractivity contribution in [1.82, 2.24) is 39.5 Å². The van der Waals surface area contributed by atoms with E-state index in [0.29, 0.717) is 11.6 Å². The molecule has 6 aromatic rings. The van der Waals surface area contributed by atoms with Crippen molar-refractivity contribution in [3.05, 3.63) is 131 Å². The first-order valence-corrected chi connectivity index (χ1v) is 15.5. The minimum atomic E-state index is -1.47. The number of halogens is 2. The molecule has 18 heteroatoms. The number of aryl methyl sites for hydroxylation is 2. The molecule has 0 saturated carbocycles. The zero-order chi connectivity index (χ0) is 36.8. The molecule has 2 aromatic carbocycles. The van der Waals surface area contributed by atoms with Crippen molar-refractivity contribution in [2.24, 2.45) is 0 Å². The van der Waals surface area contributed by atoms with Crippen LogP contribution in [-0.4, -0.2) is 73.5 Å². The van der Waals surface area contributed by atoms with Gasteiger partial charge < -0.3 is 20.8 Å². The van der Waals surface area contributed by atoms with E-state index in [0.717, 1.165) is 18.2 Å². The van der Waals surface area contributed by atoms with E-state index < -0.39 is 41.0 Å². The number of nitrogens with one attached hydrogen (secondary N) is 2. The Balaban J connectivity index is 1.09. The van der Waals surface area contributed by atoms with E-state index in [4.69, 9.17) is 0 Å². The summed E-state index contributed by atoms with van der Waals surface area (Å²) in [4.78, 5) is 57.4. The van der Waals surface area contributed by atoms with Crippen LogP contribution in [0.5, 0.6) is 0 Å². The van der Waals surface area contributed by atoms with Crippen molar-refractivity contribution in [1.29, 1.82) is 0 Å². The highest BCUT2D eigenvalue weighted by Gasteiger charge is 2.21. The van der Waals surface area contributed by atoms with Gasteiger partial charge in [-0.3, -0.25) is 18.7 Å². The number of aromatic carboxylic acids is 2. The van der Waals surface area contributed by atoms with Crippen molar-refractivity contribution >= 4 is 35.1 Å². The largest absolute Gasteiger partial charge is 0.478 e. The number of amides is 2. The molecule has 0 aliphatic rings. The van der Waals surface area contributed by atoms with Crippen molar-refractivity contribution in [3.8, 4) is 11.6 Å². The first-order chi connectivity index (χ1) is 25.1. The van der Waals surface area contributed by atoms with Gasteiger partial charge in [0.1, 0.15) is 24.3 Å². The van der Waals surface area contributed by atoms with Gasteiger partial charge in [-0.2, -0.15) is 0 Å². The van der Waals surface area contributed by atoms with Gasteiger partial charge in [0.05, 0.1) is 22.5 Å². The number of hydrogen-bond donors (Lipinski definition) is 4.